The number of rotatable bonds is 3. The van der Waals surface area contributed by atoms with Gasteiger partial charge in [0.2, 0.25) is 0 Å². The third kappa shape index (κ3) is 2.63. The van der Waals surface area contributed by atoms with E-state index in [4.69, 9.17) is 11.0 Å². The molecule has 2 N–H and O–H groups in total. The molecule has 1 unspecified atom stereocenters. The number of nitrogen functional groups attached to an aromatic ring is 1. The van der Waals surface area contributed by atoms with Gasteiger partial charge in [-0.3, -0.25) is 0 Å². The van der Waals surface area contributed by atoms with Gasteiger partial charge in [-0.25, -0.2) is 0 Å². The monoisotopic (exact) mass is 203 g/mol. The number of benzene rings is 1. The fraction of sp³-hybridized carbons (Fsp3) is 0.417. The van der Waals surface area contributed by atoms with Gasteiger partial charge in [0.25, 0.3) is 0 Å². The SMILES string of the molecule is Cc1cccc(N(C)CC(C)C#N)c1N. The van der Waals surface area contributed by atoms with Crippen LogP contribution in [0.2, 0.25) is 0 Å². The average molecular weight is 203 g/mol. The van der Waals surface area contributed by atoms with Crippen LogP contribution in [0.3, 0.4) is 0 Å². The molecule has 0 aliphatic rings. The van der Waals surface area contributed by atoms with Crippen molar-refractivity contribution in [3.8, 4) is 6.07 Å². The van der Waals surface area contributed by atoms with E-state index in [0.717, 1.165) is 16.9 Å². The minimum absolute atomic E-state index is 0.00918. The summed E-state index contributed by atoms with van der Waals surface area (Å²) in [4.78, 5) is 2.02. The molecule has 1 rings (SSSR count). The second kappa shape index (κ2) is 4.70. The van der Waals surface area contributed by atoms with E-state index >= 15 is 0 Å². The van der Waals surface area contributed by atoms with Gasteiger partial charge < -0.3 is 10.6 Å². The van der Waals surface area contributed by atoms with Gasteiger partial charge in [0.15, 0.2) is 0 Å². The van der Waals surface area contributed by atoms with E-state index < -0.39 is 0 Å². The molecule has 0 radical (unpaired) electrons. The highest BCUT2D eigenvalue weighted by Gasteiger charge is 2.09. The summed E-state index contributed by atoms with van der Waals surface area (Å²) in [5, 5.41) is 8.75. The molecule has 0 aliphatic heterocycles. The van der Waals surface area contributed by atoms with Gasteiger partial charge in [0.05, 0.1) is 23.4 Å². The standard InChI is InChI=1S/C12H17N3/c1-9(7-13)8-15(3)11-6-4-5-10(2)12(11)14/h4-6,9H,8,14H2,1-3H3. The second-order valence-electron chi connectivity index (χ2n) is 3.92. The highest BCUT2D eigenvalue weighted by atomic mass is 15.1. The maximum Gasteiger partial charge on any atom is 0.0671 e. The summed E-state index contributed by atoms with van der Waals surface area (Å²) in [6.07, 6.45) is 0. The van der Waals surface area contributed by atoms with Gasteiger partial charge in [-0.2, -0.15) is 5.26 Å². The molecule has 15 heavy (non-hydrogen) atoms. The normalized spacial score (nSPS) is 11.9. The summed E-state index contributed by atoms with van der Waals surface area (Å²) in [7, 11) is 1.96. The first-order valence-corrected chi connectivity index (χ1v) is 5.02. The molecule has 1 aromatic carbocycles. The van der Waals surface area contributed by atoms with E-state index in [1.165, 1.54) is 0 Å². The predicted octanol–water partition coefficient (Wildman–Crippen LogP) is 2.17. The fourth-order valence-electron chi connectivity index (χ4n) is 1.55. The molecule has 0 aromatic heterocycles. The molecule has 1 aromatic rings. The van der Waals surface area contributed by atoms with Gasteiger partial charge >= 0.3 is 0 Å². The molecule has 0 heterocycles. The lowest BCUT2D eigenvalue weighted by atomic mass is 10.1. The van der Waals surface area contributed by atoms with Gasteiger partial charge in [-0.1, -0.05) is 12.1 Å². The van der Waals surface area contributed by atoms with Crippen molar-refractivity contribution in [1.82, 2.24) is 0 Å². The molecule has 0 fully saturated rings. The lowest BCUT2D eigenvalue weighted by Gasteiger charge is -2.22. The Balaban J connectivity index is 2.87. The number of aryl methyl sites for hydroxylation is 1. The van der Waals surface area contributed by atoms with Crippen LogP contribution >= 0.6 is 0 Å². The van der Waals surface area contributed by atoms with E-state index in [9.17, 15) is 0 Å². The third-order valence-electron chi connectivity index (χ3n) is 2.48. The minimum Gasteiger partial charge on any atom is -0.397 e. The van der Waals surface area contributed by atoms with E-state index in [1.807, 2.05) is 44.0 Å². The van der Waals surface area contributed by atoms with Gasteiger partial charge in [0, 0.05) is 13.6 Å². The quantitative estimate of drug-likeness (QED) is 0.766. The Morgan fingerprint density at radius 3 is 2.80 bits per heavy atom. The Kier molecular flexibility index (Phi) is 3.56. The van der Waals surface area contributed by atoms with Gasteiger partial charge in [-0.15, -0.1) is 0 Å². The van der Waals surface area contributed by atoms with Crippen LogP contribution in [0.25, 0.3) is 0 Å². The highest BCUT2D eigenvalue weighted by Crippen LogP contribution is 2.25. The van der Waals surface area contributed by atoms with Crippen LogP contribution in [0.1, 0.15) is 12.5 Å². The summed E-state index contributed by atoms with van der Waals surface area (Å²) in [5.41, 5.74) is 8.84. The van der Waals surface area contributed by atoms with Crippen molar-refractivity contribution in [2.75, 3.05) is 24.2 Å². The minimum atomic E-state index is 0.00918. The van der Waals surface area contributed by atoms with E-state index in [-0.39, 0.29) is 5.92 Å². The zero-order chi connectivity index (χ0) is 11.4. The van der Waals surface area contributed by atoms with Crippen LogP contribution in [0.15, 0.2) is 18.2 Å². The zero-order valence-corrected chi connectivity index (χ0v) is 9.49. The van der Waals surface area contributed by atoms with Crippen LogP contribution in [0.4, 0.5) is 11.4 Å². The molecule has 1 atom stereocenters. The Bertz CT molecular complexity index is 379. The smallest absolute Gasteiger partial charge is 0.0671 e. The lowest BCUT2D eigenvalue weighted by molar-refractivity contribution is 0.717. The Morgan fingerprint density at radius 1 is 1.53 bits per heavy atom. The van der Waals surface area contributed by atoms with Crippen molar-refractivity contribution >= 4 is 11.4 Å². The number of nitrogens with two attached hydrogens (primary N) is 1. The molecule has 0 amide bonds. The van der Waals surface area contributed by atoms with Crippen molar-refractivity contribution in [2.24, 2.45) is 5.92 Å². The number of hydrogen-bond donors (Lipinski definition) is 1. The predicted molar refractivity (Wildman–Crippen MR) is 63.6 cm³/mol. The number of anilines is 2. The van der Waals surface area contributed by atoms with Crippen molar-refractivity contribution in [3.63, 3.8) is 0 Å². The van der Waals surface area contributed by atoms with Crippen molar-refractivity contribution in [2.45, 2.75) is 13.8 Å². The Hall–Kier alpha value is -1.69. The van der Waals surface area contributed by atoms with E-state index in [2.05, 4.69) is 6.07 Å². The topological polar surface area (TPSA) is 53.0 Å². The summed E-state index contributed by atoms with van der Waals surface area (Å²) in [6, 6.07) is 8.16. The third-order valence-corrected chi connectivity index (χ3v) is 2.48. The molecule has 0 spiro atoms. The molecule has 0 saturated heterocycles. The van der Waals surface area contributed by atoms with Crippen LogP contribution in [0, 0.1) is 24.2 Å². The van der Waals surface area contributed by atoms with Crippen LogP contribution < -0.4 is 10.6 Å². The molecule has 0 aliphatic carbocycles. The number of nitriles is 1. The number of para-hydroxylation sites is 1. The summed E-state index contributed by atoms with van der Waals surface area (Å²) >= 11 is 0. The number of nitrogens with zero attached hydrogens (tertiary/aromatic N) is 2. The van der Waals surface area contributed by atoms with Gasteiger partial charge in [-0.05, 0) is 25.5 Å². The van der Waals surface area contributed by atoms with Crippen LogP contribution in [0.5, 0.6) is 0 Å². The fourth-order valence-corrected chi connectivity index (χ4v) is 1.55. The first kappa shape index (κ1) is 11.4. The van der Waals surface area contributed by atoms with Crippen molar-refractivity contribution in [1.29, 1.82) is 5.26 Å². The molecule has 0 saturated carbocycles. The first-order valence-electron chi connectivity index (χ1n) is 5.02. The van der Waals surface area contributed by atoms with Crippen LogP contribution in [-0.2, 0) is 0 Å². The second-order valence-corrected chi connectivity index (χ2v) is 3.92. The molecule has 80 valence electrons. The Labute approximate surface area is 91.1 Å². The Morgan fingerprint density at radius 2 is 2.20 bits per heavy atom. The summed E-state index contributed by atoms with van der Waals surface area (Å²) in [5.74, 6) is 0.00918. The van der Waals surface area contributed by atoms with E-state index in [1.54, 1.807) is 0 Å². The van der Waals surface area contributed by atoms with Gasteiger partial charge in [0.1, 0.15) is 0 Å². The zero-order valence-electron chi connectivity index (χ0n) is 9.49. The lowest BCUT2D eigenvalue weighted by Crippen LogP contribution is -2.24. The number of hydrogen-bond acceptors (Lipinski definition) is 3. The maximum atomic E-state index is 8.75. The summed E-state index contributed by atoms with van der Waals surface area (Å²) in [6.45, 7) is 4.59. The van der Waals surface area contributed by atoms with E-state index in [0.29, 0.717) is 6.54 Å². The van der Waals surface area contributed by atoms with Crippen LogP contribution in [-0.4, -0.2) is 13.6 Å². The highest BCUT2D eigenvalue weighted by molar-refractivity contribution is 5.70. The average Bonchev–Trinajstić information content (AvgIpc) is 2.21. The maximum absolute atomic E-state index is 8.75. The molecular weight excluding hydrogens is 186 g/mol. The molecular formula is C12H17N3. The largest absolute Gasteiger partial charge is 0.397 e. The molecule has 0 bridgehead atoms. The molecule has 3 heteroatoms. The summed E-state index contributed by atoms with van der Waals surface area (Å²) < 4.78 is 0. The molecule has 3 nitrogen and oxygen atoms in total. The first-order chi connectivity index (χ1) is 7.06. The van der Waals surface area contributed by atoms with Crippen molar-refractivity contribution < 1.29 is 0 Å². The van der Waals surface area contributed by atoms with Crippen molar-refractivity contribution in [3.05, 3.63) is 23.8 Å².